The Balaban J connectivity index is 1.60. The highest BCUT2D eigenvalue weighted by Gasteiger charge is 2.04. The molecule has 0 aromatic heterocycles. The molecule has 0 saturated carbocycles. The number of rotatable bonds is 9. The molecule has 0 radical (unpaired) electrons. The highest BCUT2D eigenvalue weighted by Crippen LogP contribution is 2.23. The van der Waals surface area contributed by atoms with Crippen molar-refractivity contribution in [2.75, 3.05) is 24.7 Å². The summed E-state index contributed by atoms with van der Waals surface area (Å²) < 4.78 is 12.6. The minimum Gasteiger partial charge on any atom is -0.493 e. The van der Waals surface area contributed by atoms with E-state index in [1.54, 1.807) is 0 Å². The average molecular weight is 409 g/mol. The van der Waals surface area contributed by atoms with Crippen LogP contribution in [-0.2, 0) is 0 Å². The molecular weight excluding hydrogens is 384 g/mol. The van der Waals surface area contributed by atoms with Crippen molar-refractivity contribution in [1.29, 1.82) is 0 Å². The molecule has 0 N–H and O–H groups in total. The summed E-state index contributed by atoms with van der Waals surface area (Å²) in [6, 6.07) is 14.3. The molecular formula is C20H25BrO2S. The van der Waals surface area contributed by atoms with E-state index in [2.05, 4.69) is 54.9 Å². The summed E-state index contributed by atoms with van der Waals surface area (Å²) in [7, 11) is 0. The van der Waals surface area contributed by atoms with Crippen molar-refractivity contribution in [2.24, 2.45) is 0 Å². The normalized spacial score (nSPS) is 10.9. The molecule has 0 unspecified atom stereocenters. The highest BCUT2D eigenvalue weighted by atomic mass is 79.9. The number of hydrogen-bond donors (Lipinski definition) is 0. The lowest BCUT2D eigenvalue weighted by Gasteiger charge is -2.12. The van der Waals surface area contributed by atoms with Gasteiger partial charge in [0, 0.05) is 16.0 Å². The Kier molecular flexibility index (Phi) is 8.00. The second-order valence-electron chi connectivity index (χ2n) is 5.94. The van der Waals surface area contributed by atoms with E-state index in [4.69, 9.17) is 9.47 Å². The minimum absolute atomic E-state index is 0.555. The maximum Gasteiger partial charge on any atom is 0.120 e. The molecule has 130 valence electrons. The second kappa shape index (κ2) is 10.00. The van der Waals surface area contributed by atoms with E-state index in [1.165, 1.54) is 11.1 Å². The lowest BCUT2D eigenvalue weighted by atomic mass is 9.98. The van der Waals surface area contributed by atoms with E-state index >= 15 is 0 Å². The van der Waals surface area contributed by atoms with Gasteiger partial charge in [-0.1, -0.05) is 41.9 Å². The number of halogens is 1. The van der Waals surface area contributed by atoms with Crippen molar-refractivity contribution in [1.82, 2.24) is 0 Å². The van der Waals surface area contributed by atoms with Crippen LogP contribution in [0.1, 0.15) is 30.9 Å². The number of aryl methyl sites for hydroxylation is 1. The molecule has 24 heavy (non-hydrogen) atoms. The molecule has 0 amide bonds. The number of benzene rings is 2. The lowest BCUT2D eigenvalue weighted by Crippen LogP contribution is -2.05. The third-order valence-electron chi connectivity index (χ3n) is 3.65. The molecule has 2 aromatic rings. The van der Waals surface area contributed by atoms with Crippen LogP contribution >= 0.6 is 27.7 Å². The number of thioether (sulfide) groups is 1. The molecule has 0 bridgehead atoms. The van der Waals surface area contributed by atoms with Gasteiger partial charge in [-0.25, -0.2) is 0 Å². The van der Waals surface area contributed by atoms with E-state index in [1.807, 2.05) is 36.0 Å². The Morgan fingerprint density at radius 3 is 2.21 bits per heavy atom. The van der Waals surface area contributed by atoms with E-state index < -0.39 is 0 Å². The van der Waals surface area contributed by atoms with Crippen molar-refractivity contribution in [3.8, 4) is 11.5 Å². The number of hydrogen-bond acceptors (Lipinski definition) is 3. The Bertz CT molecular complexity index is 643. The fourth-order valence-corrected chi connectivity index (χ4v) is 3.47. The molecule has 4 heteroatoms. The Morgan fingerprint density at radius 2 is 1.62 bits per heavy atom. The summed E-state index contributed by atoms with van der Waals surface area (Å²) in [5, 5.41) is 0. The van der Waals surface area contributed by atoms with Gasteiger partial charge in [0.1, 0.15) is 11.5 Å². The van der Waals surface area contributed by atoms with Crippen LogP contribution in [0.5, 0.6) is 11.5 Å². The summed E-state index contributed by atoms with van der Waals surface area (Å²) in [5.74, 6) is 4.35. The molecule has 0 spiro atoms. The van der Waals surface area contributed by atoms with Crippen LogP contribution < -0.4 is 9.47 Å². The Hall–Kier alpha value is -1.13. The highest BCUT2D eigenvalue weighted by molar-refractivity contribution is 9.10. The van der Waals surface area contributed by atoms with Crippen LogP contribution in [0.25, 0.3) is 0 Å². The van der Waals surface area contributed by atoms with Crippen molar-refractivity contribution >= 4 is 27.7 Å². The monoisotopic (exact) mass is 408 g/mol. The zero-order valence-electron chi connectivity index (χ0n) is 14.5. The first-order chi connectivity index (χ1) is 11.6. The van der Waals surface area contributed by atoms with Crippen LogP contribution in [0.15, 0.2) is 46.9 Å². The van der Waals surface area contributed by atoms with Gasteiger partial charge < -0.3 is 9.47 Å². The topological polar surface area (TPSA) is 18.5 Å². The molecule has 2 rings (SSSR count). The quantitative estimate of drug-likeness (QED) is 0.468. The van der Waals surface area contributed by atoms with E-state index in [0.29, 0.717) is 12.5 Å². The van der Waals surface area contributed by atoms with Crippen LogP contribution in [0, 0.1) is 6.92 Å². The first kappa shape index (κ1) is 19.2. The second-order valence-corrected chi connectivity index (χ2v) is 8.08. The van der Waals surface area contributed by atoms with Gasteiger partial charge in [-0.2, -0.15) is 11.8 Å². The van der Waals surface area contributed by atoms with Gasteiger partial charge in [0.25, 0.3) is 0 Å². The first-order valence-corrected chi connectivity index (χ1v) is 10.2. The van der Waals surface area contributed by atoms with Crippen LogP contribution in [0.3, 0.4) is 0 Å². The lowest BCUT2D eigenvalue weighted by molar-refractivity contribution is 0.339. The molecule has 0 aliphatic heterocycles. The van der Waals surface area contributed by atoms with Gasteiger partial charge >= 0.3 is 0 Å². The first-order valence-electron chi connectivity index (χ1n) is 8.25. The minimum atomic E-state index is 0.555. The summed E-state index contributed by atoms with van der Waals surface area (Å²) in [6.07, 6.45) is 0. The largest absolute Gasteiger partial charge is 0.493 e. The molecule has 0 atom stereocenters. The third-order valence-corrected chi connectivity index (χ3v) is 5.06. The smallest absolute Gasteiger partial charge is 0.120 e. The van der Waals surface area contributed by atoms with E-state index in [0.717, 1.165) is 34.1 Å². The molecule has 0 aliphatic rings. The summed E-state index contributed by atoms with van der Waals surface area (Å²) in [5.41, 5.74) is 2.69. The van der Waals surface area contributed by atoms with Gasteiger partial charge in [-0.15, -0.1) is 0 Å². The molecule has 0 saturated heterocycles. The average Bonchev–Trinajstić information content (AvgIpc) is 2.53. The molecule has 2 nitrogen and oxygen atoms in total. The van der Waals surface area contributed by atoms with Gasteiger partial charge in [-0.3, -0.25) is 0 Å². The molecule has 2 aromatic carbocycles. The number of ether oxygens (including phenoxy) is 2. The fraction of sp³-hybridized carbons (Fsp3) is 0.400. The fourth-order valence-electron chi connectivity index (χ4n) is 2.48. The summed E-state index contributed by atoms with van der Waals surface area (Å²) >= 11 is 5.29. The summed E-state index contributed by atoms with van der Waals surface area (Å²) in [4.78, 5) is 0. The molecule has 0 fully saturated rings. The maximum absolute atomic E-state index is 5.83. The van der Waals surface area contributed by atoms with E-state index in [-0.39, 0.29) is 0 Å². The zero-order chi connectivity index (χ0) is 17.4. The predicted molar refractivity (Wildman–Crippen MR) is 108 cm³/mol. The van der Waals surface area contributed by atoms with Gasteiger partial charge in [-0.05, 0) is 54.3 Å². The zero-order valence-corrected chi connectivity index (χ0v) is 17.0. The van der Waals surface area contributed by atoms with Crippen LogP contribution in [0.4, 0.5) is 0 Å². The summed E-state index contributed by atoms with van der Waals surface area (Å²) in [6.45, 7) is 8.02. The predicted octanol–water partition coefficient (Wildman–Crippen LogP) is 6.07. The van der Waals surface area contributed by atoms with Crippen molar-refractivity contribution in [2.45, 2.75) is 26.7 Å². The Morgan fingerprint density at radius 1 is 0.958 bits per heavy atom. The maximum atomic E-state index is 5.83. The van der Waals surface area contributed by atoms with Crippen LogP contribution in [-0.4, -0.2) is 24.7 Å². The van der Waals surface area contributed by atoms with E-state index in [9.17, 15) is 0 Å². The van der Waals surface area contributed by atoms with Gasteiger partial charge in [0.15, 0.2) is 0 Å². The Labute approximate surface area is 158 Å². The van der Waals surface area contributed by atoms with Crippen molar-refractivity contribution < 1.29 is 9.47 Å². The van der Waals surface area contributed by atoms with Crippen LogP contribution in [0.2, 0.25) is 0 Å². The third kappa shape index (κ3) is 6.40. The van der Waals surface area contributed by atoms with Crippen molar-refractivity contribution in [3.05, 3.63) is 58.1 Å². The molecule has 0 heterocycles. The molecule has 0 aliphatic carbocycles. The standard InChI is InChI=1S/C20H25BrO2S/c1-15(2)20-8-7-19(13-16(20)3)23-10-12-24-11-9-22-18-6-4-5-17(21)14-18/h4-8,13-15H,9-12H2,1-3H3. The van der Waals surface area contributed by atoms with Gasteiger partial charge in [0.2, 0.25) is 0 Å². The SMILES string of the molecule is Cc1cc(OCCSCCOc2cccc(Br)c2)ccc1C(C)C. The van der Waals surface area contributed by atoms with Crippen molar-refractivity contribution in [3.63, 3.8) is 0 Å². The van der Waals surface area contributed by atoms with Gasteiger partial charge in [0.05, 0.1) is 13.2 Å².